The molecule has 7 nitrogen and oxygen atoms in total. The number of carbonyl (C=O) groups excluding carboxylic acids is 1. The van der Waals surface area contributed by atoms with Crippen LogP contribution in [-0.2, 0) is 11.8 Å². The third kappa shape index (κ3) is 5.06. The third-order valence-corrected chi connectivity index (χ3v) is 5.02. The summed E-state index contributed by atoms with van der Waals surface area (Å²) in [4.78, 5) is 21.2. The fraction of sp³-hybridized carbons (Fsp3) is 0.250. The van der Waals surface area contributed by atoms with Gasteiger partial charge < -0.3 is 10.6 Å². The topological polar surface area (TPSA) is 84.2 Å². The Morgan fingerprint density at radius 3 is 2.55 bits per heavy atom. The molecule has 158 valence electrons. The number of nitrogens with one attached hydrogen (secondary N) is 2. The molecule has 4 aromatic rings. The summed E-state index contributed by atoms with van der Waals surface area (Å²) in [6.07, 6.45) is 6.19. The van der Waals surface area contributed by atoms with Crippen LogP contribution >= 0.6 is 0 Å². The maximum absolute atomic E-state index is 12.6. The van der Waals surface area contributed by atoms with E-state index in [2.05, 4.69) is 46.5 Å². The highest BCUT2D eigenvalue weighted by Crippen LogP contribution is 2.22. The van der Waals surface area contributed by atoms with Crippen LogP contribution in [0.15, 0.2) is 67.1 Å². The quantitative estimate of drug-likeness (QED) is 0.491. The van der Waals surface area contributed by atoms with Gasteiger partial charge in [-0.05, 0) is 53.3 Å². The number of benzene rings is 1. The molecule has 0 atom stereocenters. The molecule has 7 heteroatoms. The van der Waals surface area contributed by atoms with Gasteiger partial charge in [0.15, 0.2) is 11.5 Å². The van der Waals surface area contributed by atoms with Gasteiger partial charge in [-0.3, -0.25) is 9.78 Å². The molecule has 3 aromatic heterocycles. The van der Waals surface area contributed by atoms with Crippen molar-refractivity contribution in [2.24, 2.45) is 0 Å². The summed E-state index contributed by atoms with van der Waals surface area (Å²) in [7, 11) is 0. The van der Waals surface area contributed by atoms with Crippen molar-refractivity contribution < 1.29 is 4.79 Å². The van der Waals surface area contributed by atoms with Gasteiger partial charge in [-0.15, -0.1) is 5.10 Å². The number of rotatable bonds is 6. The van der Waals surface area contributed by atoms with E-state index < -0.39 is 0 Å². The first-order valence-electron chi connectivity index (χ1n) is 10.3. The summed E-state index contributed by atoms with van der Waals surface area (Å²) in [5, 5.41) is 10.7. The largest absolute Gasteiger partial charge is 0.368 e. The molecule has 1 amide bonds. The van der Waals surface area contributed by atoms with Gasteiger partial charge in [0.25, 0.3) is 5.91 Å². The summed E-state index contributed by atoms with van der Waals surface area (Å²) < 4.78 is 1.66. The zero-order chi connectivity index (χ0) is 21.8. The van der Waals surface area contributed by atoms with Crippen molar-refractivity contribution in [1.82, 2.24) is 19.6 Å². The Hall–Kier alpha value is -3.74. The predicted octanol–water partition coefficient (Wildman–Crippen LogP) is 4.33. The molecule has 0 unspecified atom stereocenters. The van der Waals surface area contributed by atoms with Crippen LogP contribution in [0.4, 0.5) is 11.6 Å². The molecule has 0 aliphatic rings. The minimum absolute atomic E-state index is 0.0476. The second kappa shape index (κ2) is 8.55. The predicted molar refractivity (Wildman–Crippen MR) is 123 cm³/mol. The van der Waals surface area contributed by atoms with E-state index in [4.69, 9.17) is 0 Å². The van der Waals surface area contributed by atoms with Gasteiger partial charge in [0, 0.05) is 24.5 Å². The van der Waals surface area contributed by atoms with Gasteiger partial charge in [-0.25, -0.2) is 9.50 Å². The zero-order valence-electron chi connectivity index (χ0n) is 18.0. The Kier molecular flexibility index (Phi) is 5.66. The second-order valence-electron chi connectivity index (χ2n) is 8.47. The van der Waals surface area contributed by atoms with E-state index in [-0.39, 0.29) is 11.3 Å². The lowest BCUT2D eigenvalue weighted by molar-refractivity contribution is 0.102. The summed E-state index contributed by atoms with van der Waals surface area (Å²) in [5.74, 6) is 1.01. The highest BCUT2D eigenvalue weighted by Gasteiger charge is 2.15. The van der Waals surface area contributed by atoms with Gasteiger partial charge in [-0.2, -0.15) is 0 Å². The highest BCUT2D eigenvalue weighted by molar-refractivity contribution is 6.03. The van der Waals surface area contributed by atoms with Crippen LogP contribution in [0.25, 0.3) is 5.65 Å². The van der Waals surface area contributed by atoms with Gasteiger partial charge in [0.1, 0.15) is 5.82 Å². The first kappa shape index (κ1) is 20.5. The number of hydrogen-bond donors (Lipinski definition) is 2. The molecule has 4 rings (SSSR count). The summed E-state index contributed by atoms with van der Waals surface area (Å²) in [6, 6.07) is 15.4. The Bertz CT molecular complexity index is 1180. The van der Waals surface area contributed by atoms with Crippen molar-refractivity contribution in [3.63, 3.8) is 0 Å². The summed E-state index contributed by atoms with van der Waals surface area (Å²) in [5.41, 5.74) is 3.65. The van der Waals surface area contributed by atoms with Crippen LogP contribution in [0.3, 0.4) is 0 Å². The maximum atomic E-state index is 12.6. The van der Waals surface area contributed by atoms with Crippen LogP contribution in [0.5, 0.6) is 0 Å². The lowest BCUT2D eigenvalue weighted by atomic mass is 9.87. The van der Waals surface area contributed by atoms with Crippen LogP contribution < -0.4 is 10.6 Å². The molecule has 0 spiro atoms. The van der Waals surface area contributed by atoms with E-state index in [1.807, 2.05) is 54.7 Å². The van der Waals surface area contributed by atoms with Crippen molar-refractivity contribution in [3.05, 3.63) is 83.8 Å². The van der Waals surface area contributed by atoms with E-state index >= 15 is 0 Å². The van der Waals surface area contributed by atoms with E-state index in [1.165, 1.54) is 11.1 Å². The molecule has 31 heavy (non-hydrogen) atoms. The van der Waals surface area contributed by atoms with E-state index in [0.717, 1.165) is 18.8 Å². The van der Waals surface area contributed by atoms with E-state index in [0.29, 0.717) is 17.0 Å². The van der Waals surface area contributed by atoms with Crippen molar-refractivity contribution in [3.8, 4) is 0 Å². The van der Waals surface area contributed by atoms with Crippen molar-refractivity contribution >= 4 is 23.2 Å². The number of imidazole rings is 1. The average Bonchev–Trinajstić information content (AvgIpc) is 3.15. The molecule has 0 saturated carbocycles. The van der Waals surface area contributed by atoms with Crippen molar-refractivity contribution in [2.45, 2.75) is 32.6 Å². The Morgan fingerprint density at radius 2 is 1.84 bits per heavy atom. The molecule has 3 heterocycles. The molecule has 0 radical (unpaired) electrons. The standard InChI is InChI=1S/C24H26N6O/c1-24(2,3)19-8-6-18(7-9-19)23(31)28-21-16-30-22(27-21)11-10-20(29-30)26-14-12-17-5-4-13-25-15-17/h4-11,13,15-16H,12,14H2,1-3H3,(H,26,29)(H,28,31). The molecular weight excluding hydrogens is 388 g/mol. The zero-order valence-corrected chi connectivity index (χ0v) is 18.0. The average molecular weight is 415 g/mol. The number of amides is 1. The summed E-state index contributed by atoms with van der Waals surface area (Å²) >= 11 is 0. The molecule has 0 aliphatic carbocycles. The van der Waals surface area contributed by atoms with Crippen LogP contribution in [0.1, 0.15) is 42.3 Å². The molecule has 1 aromatic carbocycles. The lowest BCUT2D eigenvalue weighted by Crippen LogP contribution is -2.14. The second-order valence-corrected chi connectivity index (χ2v) is 8.47. The lowest BCUT2D eigenvalue weighted by Gasteiger charge is -2.18. The molecule has 0 fully saturated rings. The van der Waals surface area contributed by atoms with Gasteiger partial charge in [0.05, 0.1) is 6.20 Å². The first-order valence-corrected chi connectivity index (χ1v) is 10.3. The SMILES string of the molecule is CC(C)(C)c1ccc(C(=O)Nc2cn3nc(NCCc4cccnc4)ccc3n2)cc1. The number of aromatic nitrogens is 4. The molecular formula is C24H26N6O. The van der Waals surface area contributed by atoms with Crippen LogP contribution in [-0.4, -0.2) is 32.0 Å². The van der Waals surface area contributed by atoms with Gasteiger partial charge in [-0.1, -0.05) is 39.0 Å². The fourth-order valence-electron chi connectivity index (χ4n) is 3.23. The van der Waals surface area contributed by atoms with E-state index in [9.17, 15) is 4.79 Å². The molecule has 0 bridgehead atoms. The Balaban J connectivity index is 1.40. The third-order valence-electron chi connectivity index (χ3n) is 5.02. The number of anilines is 2. The van der Waals surface area contributed by atoms with Crippen LogP contribution in [0, 0.1) is 0 Å². The Morgan fingerprint density at radius 1 is 1.03 bits per heavy atom. The number of nitrogens with zero attached hydrogens (tertiary/aromatic N) is 4. The minimum atomic E-state index is -0.196. The van der Waals surface area contributed by atoms with Crippen LogP contribution in [0.2, 0.25) is 0 Å². The molecule has 0 saturated heterocycles. The number of carbonyl (C=O) groups is 1. The maximum Gasteiger partial charge on any atom is 0.256 e. The minimum Gasteiger partial charge on any atom is -0.368 e. The molecule has 0 aliphatic heterocycles. The number of fused-ring (bicyclic) bond motifs is 1. The van der Waals surface area contributed by atoms with E-state index in [1.54, 1.807) is 16.9 Å². The number of hydrogen-bond acceptors (Lipinski definition) is 5. The normalized spacial score (nSPS) is 11.5. The highest BCUT2D eigenvalue weighted by atomic mass is 16.1. The van der Waals surface area contributed by atoms with Crippen molar-refractivity contribution in [2.75, 3.05) is 17.2 Å². The number of pyridine rings is 1. The fourth-order valence-corrected chi connectivity index (χ4v) is 3.23. The molecule has 2 N–H and O–H groups in total. The van der Waals surface area contributed by atoms with Gasteiger partial charge in [0.2, 0.25) is 0 Å². The smallest absolute Gasteiger partial charge is 0.256 e. The van der Waals surface area contributed by atoms with Crippen molar-refractivity contribution in [1.29, 1.82) is 0 Å². The van der Waals surface area contributed by atoms with Gasteiger partial charge >= 0.3 is 0 Å². The Labute approximate surface area is 181 Å². The monoisotopic (exact) mass is 414 g/mol. The first-order chi connectivity index (χ1) is 14.9. The summed E-state index contributed by atoms with van der Waals surface area (Å²) in [6.45, 7) is 7.18.